The van der Waals surface area contributed by atoms with Gasteiger partial charge in [-0.2, -0.15) is 0 Å². The van der Waals surface area contributed by atoms with Crippen molar-refractivity contribution in [2.45, 2.75) is 111 Å². The minimum atomic E-state index is -0.175. The van der Waals surface area contributed by atoms with E-state index in [0.717, 1.165) is 48.9 Å². The Morgan fingerprint density at radius 3 is 2.57 bits per heavy atom. The molecule has 0 heterocycles. The second kappa shape index (κ2) is 10.2. The summed E-state index contributed by atoms with van der Waals surface area (Å²) < 4.78 is 0. The summed E-state index contributed by atoms with van der Waals surface area (Å²) in [4.78, 5) is 0. The summed E-state index contributed by atoms with van der Waals surface area (Å²) in [7, 11) is 0. The molecule has 0 aromatic carbocycles. The first-order valence-electron chi connectivity index (χ1n) is 13.0. The largest absolute Gasteiger partial charge is 0.393 e. The van der Waals surface area contributed by atoms with Gasteiger partial charge in [0, 0.05) is 0 Å². The summed E-state index contributed by atoms with van der Waals surface area (Å²) in [6.07, 6.45) is 18.2. The second-order valence-corrected chi connectivity index (χ2v) is 11.5. The summed E-state index contributed by atoms with van der Waals surface area (Å²) in [6.45, 7) is 16.6. The van der Waals surface area contributed by atoms with Crippen molar-refractivity contribution in [2.24, 2.45) is 35.0 Å². The van der Waals surface area contributed by atoms with Crippen molar-refractivity contribution in [1.82, 2.24) is 0 Å². The molecule has 0 aromatic heterocycles. The molecule has 3 saturated carbocycles. The molecule has 30 heavy (non-hydrogen) atoms. The van der Waals surface area contributed by atoms with Gasteiger partial charge in [-0.05, 0) is 98.4 Å². The third-order valence-electron chi connectivity index (χ3n) is 9.37. The fraction of sp³-hybridized carbons (Fsp3) is 0.793. The normalized spacial score (nSPS) is 37.0. The van der Waals surface area contributed by atoms with E-state index in [1.165, 1.54) is 62.5 Å². The summed E-state index contributed by atoms with van der Waals surface area (Å²) in [5, 5.41) is 10.1. The SMILES string of the molecule is C=C1CCC(O)CC1=CC=C1CCCC2(C)C1CCC2C(C)CCC(CC)C(C)C. The fourth-order valence-electron chi connectivity index (χ4n) is 7.30. The number of hydrogen-bond acceptors (Lipinski definition) is 1. The van der Waals surface area contributed by atoms with E-state index >= 15 is 0 Å². The Morgan fingerprint density at radius 2 is 1.87 bits per heavy atom. The molecule has 1 heteroatoms. The van der Waals surface area contributed by atoms with Gasteiger partial charge in [-0.25, -0.2) is 0 Å². The van der Waals surface area contributed by atoms with E-state index in [9.17, 15) is 5.11 Å². The Kier molecular flexibility index (Phi) is 8.10. The molecule has 3 aliphatic rings. The number of hydrogen-bond donors (Lipinski definition) is 1. The van der Waals surface area contributed by atoms with Gasteiger partial charge in [-0.1, -0.05) is 77.3 Å². The van der Waals surface area contributed by atoms with Crippen molar-refractivity contribution in [3.8, 4) is 0 Å². The molecule has 0 bridgehead atoms. The van der Waals surface area contributed by atoms with Crippen LogP contribution < -0.4 is 0 Å². The van der Waals surface area contributed by atoms with Crippen LogP contribution in [-0.4, -0.2) is 11.2 Å². The molecular weight excluding hydrogens is 364 g/mol. The van der Waals surface area contributed by atoms with Crippen molar-refractivity contribution in [2.75, 3.05) is 0 Å². The highest BCUT2D eigenvalue weighted by Gasteiger charge is 2.50. The van der Waals surface area contributed by atoms with Crippen molar-refractivity contribution in [3.05, 3.63) is 35.5 Å². The predicted molar refractivity (Wildman–Crippen MR) is 130 cm³/mol. The molecule has 0 saturated heterocycles. The van der Waals surface area contributed by atoms with Crippen LogP contribution in [0.3, 0.4) is 0 Å². The highest BCUT2D eigenvalue weighted by molar-refractivity contribution is 5.36. The van der Waals surface area contributed by atoms with E-state index in [-0.39, 0.29) is 6.10 Å². The van der Waals surface area contributed by atoms with Crippen LogP contribution in [0.4, 0.5) is 0 Å². The number of aliphatic hydroxyl groups is 1. The van der Waals surface area contributed by atoms with Crippen LogP contribution in [0.5, 0.6) is 0 Å². The van der Waals surface area contributed by atoms with Crippen LogP contribution in [0.1, 0.15) is 105 Å². The molecule has 0 amide bonds. The molecular formula is C29H48O. The minimum absolute atomic E-state index is 0.175. The quantitative estimate of drug-likeness (QED) is 0.446. The number of rotatable bonds is 7. The molecule has 0 aliphatic heterocycles. The van der Waals surface area contributed by atoms with Gasteiger partial charge < -0.3 is 5.11 Å². The first-order chi connectivity index (χ1) is 14.3. The predicted octanol–water partition coefficient (Wildman–Crippen LogP) is 8.26. The summed E-state index contributed by atoms with van der Waals surface area (Å²) in [5.41, 5.74) is 4.71. The van der Waals surface area contributed by atoms with Crippen LogP contribution in [-0.2, 0) is 0 Å². The molecule has 3 aliphatic carbocycles. The Hall–Kier alpha value is -0.820. The second-order valence-electron chi connectivity index (χ2n) is 11.5. The Bertz CT molecular complexity index is 653. The molecule has 6 atom stereocenters. The van der Waals surface area contributed by atoms with Crippen molar-refractivity contribution >= 4 is 0 Å². The van der Waals surface area contributed by atoms with Gasteiger partial charge in [0.1, 0.15) is 0 Å². The first kappa shape index (κ1) is 23.8. The molecule has 6 unspecified atom stereocenters. The van der Waals surface area contributed by atoms with E-state index in [2.05, 4.69) is 53.3 Å². The van der Waals surface area contributed by atoms with Crippen LogP contribution in [0.25, 0.3) is 0 Å². The Balaban J connectivity index is 1.69. The van der Waals surface area contributed by atoms with Crippen LogP contribution >= 0.6 is 0 Å². The highest BCUT2D eigenvalue weighted by Crippen LogP contribution is 2.60. The zero-order valence-electron chi connectivity index (χ0n) is 20.6. The molecule has 3 fully saturated rings. The number of fused-ring (bicyclic) bond motifs is 1. The molecule has 0 spiro atoms. The lowest BCUT2D eigenvalue weighted by Gasteiger charge is -2.44. The lowest BCUT2D eigenvalue weighted by atomic mass is 9.60. The minimum Gasteiger partial charge on any atom is -0.393 e. The van der Waals surface area contributed by atoms with E-state index in [1.807, 2.05) is 0 Å². The molecule has 1 nitrogen and oxygen atoms in total. The Morgan fingerprint density at radius 1 is 1.10 bits per heavy atom. The van der Waals surface area contributed by atoms with Gasteiger partial charge in [0.2, 0.25) is 0 Å². The zero-order chi connectivity index (χ0) is 21.9. The van der Waals surface area contributed by atoms with Gasteiger partial charge in [0.25, 0.3) is 0 Å². The molecule has 0 aromatic rings. The smallest absolute Gasteiger partial charge is 0.0583 e. The van der Waals surface area contributed by atoms with Gasteiger partial charge in [-0.15, -0.1) is 0 Å². The third kappa shape index (κ3) is 5.14. The molecule has 1 N–H and O–H groups in total. The Labute approximate surface area is 187 Å². The van der Waals surface area contributed by atoms with Crippen LogP contribution in [0.2, 0.25) is 0 Å². The van der Waals surface area contributed by atoms with Gasteiger partial charge in [0.05, 0.1) is 6.10 Å². The van der Waals surface area contributed by atoms with E-state index < -0.39 is 0 Å². The standard InChI is InChI=1S/C29H48O/c1-7-23(20(2)3)12-10-22(5)27-16-17-28-24(9-8-18-29(27,28)6)13-14-25-19-26(30)15-11-21(25)4/h13-14,20,22-23,26-28,30H,4,7-12,15-19H2,1-3,5-6H3. The third-order valence-corrected chi connectivity index (χ3v) is 9.37. The number of allylic oxidation sites excluding steroid dienone is 4. The van der Waals surface area contributed by atoms with Crippen LogP contribution in [0, 0.1) is 35.0 Å². The first-order valence-corrected chi connectivity index (χ1v) is 13.0. The highest BCUT2D eigenvalue weighted by atomic mass is 16.3. The van der Waals surface area contributed by atoms with E-state index in [1.54, 1.807) is 5.57 Å². The molecule has 170 valence electrons. The maximum absolute atomic E-state index is 10.1. The van der Waals surface area contributed by atoms with Gasteiger partial charge in [-0.3, -0.25) is 0 Å². The summed E-state index contributed by atoms with van der Waals surface area (Å²) >= 11 is 0. The van der Waals surface area contributed by atoms with Crippen molar-refractivity contribution in [1.29, 1.82) is 0 Å². The molecule has 0 radical (unpaired) electrons. The number of aliphatic hydroxyl groups excluding tert-OH is 1. The molecule has 3 rings (SSSR count). The summed E-state index contributed by atoms with van der Waals surface area (Å²) in [6, 6.07) is 0. The topological polar surface area (TPSA) is 20.2 Å². The van der Waals surface area contributed by atoms with E-state index in [4.69, 9.17) is 0 Å². The van der Waals surface area contributed by atoms with Gasteiger partial charge >= 0.3 is 0 Å². The lowest BCUT2D eigenvalue weighted by Crippen LogP contribution is -2.36. The average molecular weight is 413 g/mol. The van der Waals surface area contributed by atoms with Crippen molar-refractivity contribution in [3.63, 3.8) is 0 Å². The monoisotopic (exact) mass is 412 g/mol. The fourth-order valence-corrected chi connectivity index (χ4v) is 7.30. The summed E-state index contributed by atoms with van der Waals surface area (Å²) in [5.74, 6) is 4.21. The maximum Gasteiger partial charge on any atom is 0.0583 e. The van der Waals surface area contributed by atoms with Crippen LogP contribution in [0.15, 0.2) is 35.5 Å². The van der Waals surface area contributed by atoms with E-state index in [0.29, 0.717) is 5.41 Å². The van der Waals surface area contributed by atoms with Gasteiger partial charge in [0.15, 0.2) is 0 Å². The lowest BCUT2D eigenvalue weighted by molar-refractivity contribution is 0.0900. The average Bonchev–Trinajstić information content (AvgIpc) is 3.06. The van der Waals surface area contributed by atoms with Crippen molar-refractivity contribution < 1.29 is 5.11 Å². The maximum atomic E-state index is 10.1. The zero-order valence-corrected chi connectivity index (χ0v) is 20.6.